The van der Waals surface area contributed by atoms with Gasteiger partial charge in [0.15, 0.2) is 5.82 Å². The Kier molecular flexibility index (Phi) is 6.22. The number of rotatable bonds is 5. The highest BCUT2D eigenvalue weighted by Crippen LogP contribution is 2.28. The number of anilines is 1. The van der Waals surface area contributed by atoms with Gasteiger partial charge in [-0.15, -0.1) is 0 Å². The van der Waals surface area contributed by atoms with Gasteiger partial charge in [0.05, 0.1) is 22.4 Å². The molecule has 2 aromatic heterocycles. The second-order valence-corrected chi connectivity index (χ2v) is 9.35. The van der Waals surface area contributed by atoms with Crippen LogP contribution in [0.5, 0.6) is 0 Å². The van der Waals surface area contributed by atoms with Crippen LogP contribution in [0.4, 0.5) is 10.1 Å². The van der Waals surface area contributed by atoms with Gasteiger partial charge in [0.2, 0.25) is 0 Å². The highest BCUT2D eigenvalue weighted by Gasteiger charge is 2.23. The van der Waals surface area contributed by atoms with Crippen molar-refractivity contribution in [3.8, 4) is 0 Å². The molecule has 8 nitrogen and oxygen atoms in total. The zero-order chi connectivity index (χ0) is 23.8. The minimum Gasteiger partial charge on any atom is -0.368 e. The molecule has 178 valence electrons. The van der Waals surface area contributed by atoms with Gasteiger partial charge in [-0.1, -0.05) is 11.6 Å². The number of nitrogens with zero attached hydrogens (tertiary/aromatic N) is 4. The molecule has 5 rings (SSSR count). The summed E-state index contributed by atoms with van der Waals surface area (Å²) in [6.45, 7) is 5.03. The molecule has 0 atom stereocenters. The van der Waals surface area contributed by atoms with E-state index in [2.05, 4.69) is 30.1 Å². The summed E-state index contributed by atoms with van der Waals surface area (Å²) in [4.78, 5) is 39.7. The summed E-state index contributed by atoms with van der Waals surface area (Å²) in [6.07, 6.45) is 4.99. The third-order valence-corrected chi connectivity index (χ3v) is 7.10. The molecule has 1 saturated carbocycles. The number of piperazine rings is 1. The summed E-state index contributed by atoms with van der Waals surface area (Å²) in [5.74, 6) is -0.618. The second kappa shape index (κ2) is 9.31. The number of amides is 1. The molecule has 1 saturated heterocycles. The number of hydrogen-bond donors (Lipinski definition) is 2. The largest absolute Gasteiger partial charge is 0.368 e. The lowest BCUT2D eigenvalue weighted by molar-refractivity contribution is 0.0912. The second-order valence-electron chi connectivity index (χ2n) is 8.97. The average Bonchev–Trinajstić information content (AvgIpc) is 2.81. The molecule has 3 heterocycles. The Morgan fingerprint density at radius 3 is 2.68 bits per heavy atom. The lowest BCUT2D eigenvalue weighted by Crippen LogP contribution is -2.46. The van der Waals surface area contributed by atoms with Crippen LogP contribution in [0.1, 0.15) is 41.0 Å². The van der Waals surface area contributed by atoms with Crippen LogP contribution in [0.2, 0.25) is 5.02 Å². The first kappa shape index (κ1) is 22.7. The smallest absolute Gasteiger partial charge is 0.270 e. The number of carbonyl (C=O) groups is 1. The van der Waals surface area contributed by atoms with Crippen molar-refractivity contribution in [3.05, 3.63) is 62.5 Å². The molecular formula is C24H26ClFN6O2. The van der Waals surface area contributed by atoms with E-state index in [9.17, 15) is 14.0 Å². The third-order valence-electron chi connectivity index (χ3n) is 6.66. The van der Waals surface area contributed by atoms with E-state index in [-0.39, 0.29) is 34.2 Å². The zero-order valence-electron chi connectivity index (χ0n) is 18.9. The first-order valence-electron chi connectivity index (χ1n) is 11.5. The van der Waals surface area contributed by atoms with Crippen LogP contribution >= 0.6 is 11.6 Å². The van der Waals surface area contributed by atoms with E-state index in [4.69, 9.17) is 11.6 Å². The molecular weight excluding hydrogens is 459 g/mol. The number of hydrogen-bond acceptors (Lipinski definition) is 6. The summed E-state index contributed by atoms with van der Waals surface area (Å²) in [5.41, 5.74) is 2.16. The van der Waals surface area contributed by atoms with Crippen molar-refractivity contribution < 1.29 is 9.18 Å². The minimum absolute atomic E-state index is 0.0768. The van der Waals surface area contributed by atoms with Crippen molar-refractivity contribution in [2.45, 2.75) is 38.8 Å². The lowest BCUT2D eigenvalue weighted by Gasteiger charge is -2.36. The van der Waals surface area contributed by atoms with Crippen LogP contribution in [0, 0.1) is 12.7 Å². The van der Waals surface area contributed by atoms with Gasteiger partial charge >= 0.3 is 0 Å². The topological polar surface area (TPSA) is 94.2 Å². The van der Waals surface area contributed by atoms with E-state index in [1.165, 1.54) is 19.4 Å². The SMILES string of the molecule is Cc1nc2c(F)cc(CN3CCN(c4ccc(C(=O)NC5CCC5)nc4)CC3)c(Cl)c2[nH]c1=O. The van der Waals surface area contributed by atoms with Gasteiger partial charge in [0.1, 0.15) is 16.9 Å². The summed E-state index contributed by atoms with van der Waals surface area (Å²) in [5, 5.41) is 3.33. The Labute approximate surface area is 201 Å². The molecule has 34 heavy (non-hydrogen) atoms. The summed E-state index contributed by atoms with van der Waals surface area (Å²) in [6, 6.07) is 5.38. The molecule has 1 amide bonds. The van der Waals surface area contributed by atoms with E-state index in [1.807, 2.05) is 6.07 Å². The predicted octanol–water partition coefficient (Wildman–Crippen LogP) is 3.02. The van der Waals surface area contributed by atoms with Gasteiger partial charge < -0.3 is 15.2 Å². The maximum Gasteiger partial charge on any atom is 0.270 e. The van der Waals surface area contributed by atoms with Crippen molar-refractivity contribution in [2.24, 2.45) is 0 Å². The fourth-order valence-corrected chi connectivity index (χ4v) is 4.61. The van der Waals surface area contributed by atoms with E-state index < -0.39 is 5.82 Å². The normalized spacial score (nSPS) is 17.1. The number of halogens is 2. The van der Waals surface area contributed by atoms with Crippen LogP contribution in [0.25, 0.3) is 11.0 Å². The van der Waals surface area contributed by atoms with Crippen molar-refractivity contribution in [1.29, 1.82) is 0 Å². The summed E-state index contributed by atoms with van der Waals surface area (Å²) >= 11 is 6.51. The van der Waals surface area contributed by atoms with Crippen LogP contribution in [-0.4, -0.2) is 58.0 Å². The molecule has 2 N–H and O–H groups in total. The highest BCUT2D eigenvalue weighted by molar-refractivity contribution is 6.35. The van der Waals surface area contributed by atoms with E-state index in [0.29, 0.717) is 22.8 Å². The number of pyridine rings is 1. The molecule has 1 aliphatic heterocycles. The number of aromatic amines is 1. The molecule has 10 heteroatoms. The van der Waals surface area contributed by atoms with Crippen molar-refractivity contribution in [3.63, 3.8) is 0 Å². The Morgan fingerprint density at radius 1 is 1.26 bits per heavy atom. The van der Waals surface area contributed by atoms with E-state index in [1.54, 1.807) is 12.3 Å². The van der Waals surface area contributed by atoms with Crippen LogP contribution < -0.4 is 15.8 Å². The van der Waals surface area contributed by atoms with Crippen molar-refractivity contribution in [1.82, 2.24) is 25.2 Å². The van der Waals surface area contributed by atoms with E-state index in [0.717, 1.165) is 44.7 Å². The molecule has 1 aliphatic carbocycles. The first-order chi connectivity index (χ1) is 16.4. The monoisotopic (exact) mass is 484 g/mol. The average molecular weight is 485 g/mol. The number of benzene rings is 1. The number of carbonyl (C=O) groups excluding carboxylic acids is 1. The molecule has 0 unspecified atom stereocenters. The Hall–Kier alpha value is -3.04. The zero-order valence-corrected chi connectivity index (χ0v) is 19.7. The van der Waals surface area contributed by atoms with Crippen LogP contribution in [0.3, 0.4) is 0 Å². The number of H-pyrrole nitrogens is 1. The van der Waals surface area contributed by atoms with Crippen LogP contribution in [-0.2, 0) is 6.54 Å². The van der Waals surface area contributed by atoms with Gasteiger partial charge in [0, 0.05) is 38.8 Å². The molecule has 2 aliphatic rings. The van der Waals surface area contributed by atoms with Gasteiger partial charge in [-0.25, -0.2) is 14.4 Å². The molecule has 0 bridgehead atoms. The fourth-order valence-electron chi connectivity index (χ4n) is 4.35. The Balaban J connectivity index is 1.22. The van der Waals surface area contributed by atoms with Gasteiger partial charge in [-0.05, 0) is 49.9 Å². The number of aryl methyl sites for hydroxylation is 1. The third kappa shape index (κ3) is 4.50. The molecule has 2 fully saturated rings. The Morgan fingerprint density at radius 2 is 2.03 bits per heavy atom. The van der Waals surface area contributed by atoms with Gasteiger partial charge in [0.25, 0.3) is 11.5 Å². The number of nitrogens with one attached hydrogen (secondary N) is 2. The Bertz CT molecular complexity index is 1280. The highest BCUT2D eigenvalue weighted by atomic mass is 35.5. The lowest BCUT2D eigenvalue weighted by atomic mass is 9.93. The fraction of sp³-hybridized carbons (Fsp3) is 0.417. The van der Waals surface area contributed by atoms with Gasteiger partial charge in [-0.2, -0.15) is 0 Å². The van der Waals surface area contributed by atoms with E-state index >= 15 is 0 Å². The van der Waals surface area contributed by atoms with Crippen molar-refractivity contribution >= 4 is 34.2 Å². The van der Waals surface area contributed by atoms with Gasteiger partial charge in [-0.3, -0.25) is 14.5 Å². The quantitative estimate of drug-likeness (QED) is 0.578. The molecule has 3 aromatic rings. The maximum absolute atomic E-state index is 14.7. The molecule has 0 spiro atoms. The van der Waals surface area contributed by atoms with Crippen molar-refractivity contribution in [2.75, 3.05) is 31.1 Å². The number of aromatic nitrogens is 3. The van der Waals surface area contributed by atoms with Crippen LogP contribution in [0.15, 0.2) is 29.2 Å². The first-order valence-corrected chi connectivity index (χ1v) is 11.9. The molecule has 1 aromatic carbocycles. The minimum atomic E-state index is -0.500. The maximum atomic E-state index is 14.7. The summed E-state index contributed by atoms with van der Waals surface area (Å²) < 4.78 is 14.7. The standard InChI is InChI=1S/C24H26ClFN6O2/c1-14-23(33)30-22-20(25)15(11-18(26)21(22)28-14)13-31-7-9-32(10-8-31)17-5-6-19(27-12-17)24(34)29-16-3-2-4-16/h5-6,11-12,16H,2-4,7-10,13H2,1H3,(H,29,34)(H,30,33). The number of fused-ring (bicyclic) bond motifs is 1. The predicted molar refractivity (Wildman–Crippen MR) is 129 cm³/mol. The summed E-state index contributed by atoms with van der Waals surface area (Å²) in [7, 11) is 0. The molecule has 0 radical (unpaired) electrons.